The molecule has 0 saturated carbocycles. The summed E-state index contributed by atoms with van der Waals surface area (Å²) in [7, 11) is 0. The van der Waals surface area contributed by atoms with Gasteiger partial charge in [-0.25, -0.2) is 0 Å². The Hall–Kier alpha value is -3.13. The van der Waals surface area contributed by atoms with Gasteiger partial charge in [-0.3, -0.25) is 0 Å². The predicted octanol–water partition coefficient (Wildman–Crippen LogP) is 4.58. The fraction of sp³-hybridized carbons (Fsp3) is 0.296. The maximum atomic E-state index is 11.1. The van der Waals surface area contributed by atoms with Crippen LogP contribution in [0.25, 0.3) is 0 Å². The number of nitrogens with zero attached hydrogens (tertiary/aromatic N) is 2. The molecule has 1 fully saturated rings. The number of piperidine rings is 1. The molecule has 0 radical (unpaired) electrons. The number of phenols is 1. The molecule has 0 aliphatic carbocycles. The smallest absolute Gasteiger partial charge is 0.121 e. The molecule has 4 nitrogen and oxygen atoms in total. The van der Waals surface area contributed by atoms with Crippen LogP contribution in [0.4, 0.5) is 0 Å². The Morgan fingerprint density at radius 2 is 1.35 bits per heavy atom. The first-order valence-electron chi connectivity index (χ1n) is 10.8. The first-order valence-corrected chi connectivity index (χ1v) is 10.8. The number of para-hydroxylation sites is 1. The second-order valence-electron chi connectivity index (χ2n) is 8.39. The number of aromatic hydroxyl groups is 1. The highest BCUT2D eigenvalue weighted by Crippen LogP contribution is 2.39. The number of rotatable bonds is 6. The third-order valence-corrected chi connectivity index (χ3v) is 6.62. The molecule has 4 heteroatoms. The van der Waals surface area contributed by atoms with Crippen LogP contribution in [0.1, 0.15) is 36.0 Å². The number of nitriles is 1. The van der Waals surface area contributed by atoms with Crippen LogP contribution in [0.3, 0.4) is 0 Å². The van der Waals surface area contributed by atoms with Crippen LogP contribution in [0.2, 0.25) is 0 Å². The molecule has 0 atom stereocenters. The zero-order chi connectivity index (χ0) is 21.7. The monoisotopic (exact) mass is 412 g/mol. The van der Waals surface area contributed by atoms with E-state index < -0.39 is 11.0 Å². The van der Waals surface area contributed by atoms with Crippen molar-refractivity contribution in [3.8, 4) is 11.8 Å². The summed E-state index contributed by atoms with van der Waals surface area (Å²) in [6.45, 7) is 2.19. The normalized spacial score (nSPS) is 16.5. The van der Waals surface area contributed by atoms with Crippen molar-refractivity contribution < 1.29 is 10.2 Å². The minimum atomic E-state index is -1.01. The standard InChI is InChI=1S/C27H28N2O2/c28-21-26(22-9-3-1-4-10-22,23-11-5-2-6-12-23)15-18-29-19-16-27(31,17-20-29)24-13-7-8-14-25(24)30/h1-14,30-31H,15-20H2. The summed E-state index contributed by atoms with van der Waals surface area (Å²) in [6.07, 6.45) is 1.79. The Balaban J connectivity index is 1.51. The Labute approximate surface area is 184 Å². The van der Waals surface area contributed by atoms with E-state index in [1.54, 1.807) is 18.2 Å². The van der Waals surface area contributed by atoms with Crippen molar-refractivity contribution in [3.05, 3.63) is 102 Å². The van der Waals surface area contributed by atoms with Crippen molar-refractivity contribution in [3.63, 3.8) is 0 Å². The van der Waals surface area contributed by atoms with E-state index in [-0.39, 0.29) is 5.75 Å². The minimum Gasteiger partial charge on any atom is -0.508 e. The molecule has 3 aromatic rings. The first-order chi connectivity index (χ1) is 15.1. The van der Waals surface area contributed by atoms with Gasteiger partial charge in [0.25, 0.3) is 0 Å². The molecule has 4 rings (SSSR count). The van der Waals surface area contributed by atoms with Gasteiger partial charge in [0.05, 0.1) is 11.7 Å². The molecule has 0 amide bonds. The fourth-order valence-electron chi connectivity index (χ4n) is 4.69. The van der Waals surface area contributed by atoms with E-state index in [9.17, 15) is 15.5 Å². The zero-order valence-corrected chi connectivity index (χ0v) is 17.6. The number of hydrogen-bond acceptors (Lipinski definition) is 4. The van der Waals surface area contributed by atoms with Crippen molar-refractivity contribution in [2.24, 2.45) is 0 Å². The molecule has 1 heterocycles. The van der Waals surface area contributed by atoms with Crippen LogP contribution in [-0.2, 0) is 11.0 Å². The molecule has 2 N–H and O–H groups in total. The van der Waals surface area contributed by atoms with Crippen LogP contribution in [-0.4, -0.2) is 34.7 Å². The highest BCUT2D eigenvalue weighted by atomic mass is 16.3. The van der Waals surface area contributed by atoms with E-state index in [0.717, 1.165) is 30.8 Å². The van der Waals surface area contributed by atoms with Gasteiger partial charge in [-0.05, 0) is 36.5 Å². The second-order valence-corrected chi connectivity index (χ2v) is 8.39. The molecule has 158 valence electrons. The highest BCUT2D eigenvalue weighted by Gasteiger charge is 2.38. The lowest BCUT2D eigenvalue weighted by Crippen LogP contribution is -2.44. The van der Waals surface area contributed by atoms with Crippen LogP contribution in [0.15, 0.2) is 84.9 Å². The molecule has 0 spiro atoms. The summed E-state index contributed by atoms with van der Waals surface area (Å²) in [5, 5.41) is 31.6. The van der Waals surface area contributed by atoms with Crippen molar-refractivity contribution >= 4 is 0 Å². The van der Waals surface area contributed by atoms with Crippen LogP contribution < -0.4 is 0 Å². The Kier molecular flexibility index (Phi) is 6.08. The van der Waals surface area contributed by atoms with Gasteiger partial charge in [0, 0.05) is 25.2 Å². The largest absolute Gasteiger partial charge is 0.508 e. The van der Waals surface area contributed by atoms with Gasteiger partial charge in [0.15, 0.2) is 0 Å². The second kappa shape index (κ2) is 8.93. The van der Waals surface area contributed by atoms with Crippen molar-refractivity contribution in [1.82, 2.24) is 4.90 Å². The topological polar surface area (TPSA) is 67.5 Å². The maximum absolute atomic E-state index is 11.1. The number of likely N-dealkylation sites (tertiary alicyclic amines) is 1. The van der Waals surface area contributed by atoms with Gasteiger partial charge in [0.2, 0.25) is 0 Å². The molecule has 3 aromatic carbocycles. The van der Waals surface area contributed by atoms with E-state index in [1.165, 1.54) is 0 Å². The van der Waals surface area contributed by atoms with Gasteiger partial charge in [-0.15, -0.1) is 0 Å². The summed E-state index contributed by atoms with van der Waals surface area (Å²) >= 11 is 0. The van der Waals surface area contributed by atoms with Gasteiger partial charge in [-0.2, -0.15) is 5.26 Å². The molecule has 0 unspecified atom stereocenters. The molecule has 1 aliphatic heterocycles. The average Bonchev–Trinajstić information content (AvgIpc) is 2.83. The third kappa shape index (κ3) is 4.20. The maximum Gasteiger partial charge on any atom is 0.121 e. The number of aliphatic hydroxyl groups is 1. The Morgan fingerprint density at radius 1 is 0.839 bits per heavy atom. The molecule has 0 bridgehead atoms. The van der Waals surface area contributed by atoms with Gasteiger partial charge >= 0.3 is 0 Å². The Bertz CT molecular complexity index is 996. The molecular formula is C27H28N2O2. The summed E-state index contributed by atoms with van der Waals surface area (Å²) in [5.41, 5.74) is 0.897. The zero-order valence-electron chi connectivity index (χ0n) is 17.6. The van der Waals surface area contributed by atoms with Crippen molar-refractivity contribution in [1.29, 1.82) is 5.26 Å². The van der Waals surface area contributed by atoms with Gasteiger partial charge in [0.1, 0.15) is 11.2 Å². The molecule has 1 saturated heterocycles. The van der Waals surface area contributed by atoms with E-state index >= 15 is 0 Å². The number of hydrogen-bond donors (Lipinski definition) is 2. The van der Waals surface area contributed by atoms with Crippen molar-refractivity contribution in [2.75, 3.05) is 19.6 Å². The summed E-state index contributed by atoms with van der Waals surface area (Å²) < 4.78 is 0. The molecule has 0 aromatic heterocycles. The minimum absolute atomic E-state index is 0.148. The lowest BCUT2D eigenvalue weighted by Gasteiger charge is -2.40. The van der Waals surface area contributed by atoms with E-state index in [2.05, 4.69) is 11.0 Å². The van der Waals surface area contributed by atoms with Gasteiger partial charge < -0.3 is 15.1 Å². The number of benzene rings is 3. The molecule has 1 aliphatic rings. The highest BCUT2D eigenvalue weighted by molar-refractivity contribution is 5.45. The summed E-state index contributed by atoms with van der Waals surface area (Å²) in [6, 6.07) is 29.7. The summed E-state index contributed by atoms with van der Waals surface area (Å²) in [4.78, 5) is 2.31. The first kappa shape index (κ1) is 21.1. The lowest BCUT2D eigenvalue weighted by atomic mass is 9.73. The molecule has 31 heavy (non-hydrogen) atoms. The average molecular weight is 413 g/mol. The van der Waals surface area contributed by atoms with E-state index in [4.69, 9.17) is 0 Å². The van der Waals surface area contributed by atoms with Crippen molar-refractivity contribution in [2.45, 2.75) is 30.3 Å². The Morgan fingerprint density at radius 3 is 1.87 bits per heavy atom. The quantitative estimate of drug-likeness (QED) is 0.622. The van der Waals surface area contributed by atoms with Crippen LogP contribution in [0.5, 0.6) is 5.75 Å². The van der Waals surface area contributed by atoms with Crippen LogP contribution in [0, 0.1) is 11.3 Å². The fourth-order valence-corrected chi connectivity index (χ4v) is 4.69. The van der Waals surface area contributed by atoms with Crippen LogP contribution >= 0.6 is 0 Å². The number of phenolic OH excluding ortho intramolecular Hbond substituents is 1. The predicted molar refractivity (Wildman–Crippen MR) is 122 cm³/mol. The van der Waals surface area contributed by atoms with Gasteiger partial charge in [-0.1, -0.05) is 78.9 Å². The summed E-state index contributed by atoms with van der Waals surface area (Å²) in [5.74, 6) is 0.148. The van der Waals surface area contributed by atoms with E-state index in [1.807, 2.05) is 66.7 Å². The van der Waals surface area contributed by atoms with E-state index in [0.29, 0.717) is 24.8 Å². The lowest BCUT2D eigenvalue weighted by molar-refractivity contribution is -0.0279. The SMILES string of the molecule is N#CC(CCN1CCC(O)(c2ccccc2O)CC1)(c1ccccc1)c1ccccc1. The molecular weight excluding hydrogens is 384 g/mol. The third-order valence-electron chi connectivity index (χ3n) is 6.62.